The summed E-state index contributed by atoms with van der Waals surface area (Å²) in [6.45, 7) is 2.33. The molecule has 108 valence electrons. The zero-order chi connectivity index (χ0) is 14.4. The van der Waals surface area contributed by atoms with E-state index in [2.05, 4.69) is 20.8 Å². The molecule has 0 spiro atoms. The molecule has 2 rings (SSSR count). The van der Waals surface area contributed by atoms with Gasteiger partial charge in [0, 0.05) is 24.0 Å². The van der Waals surface area contributed by atoms with Crippen LogP contribution in [-0.4, -0.2) is 41.7 Å². The first kappa shape index (κ1) is 15.0. The standard InChI is InChI=1S/C15H19BrN2O2/c16-8-3-11-20-15(19)13-6-4-12(5-7-13)14(17)18-9-1-2-10-18/h4-7,17H,1-3,8-11H2. The number of hydrogen-bond donors (Lipinski definition) is 1. The lowest BCUT2D eigenvalue weighted by Crippen LogP contribution is -2.27. The first-order valence-electron chi connectivity index (χ1n) is 6.89. The number of benzene rings is 1. The van der Waals surface area contributed by atoms with Crippen molar-refractivity contribution in [2.75, 3.05) is 25.0 Å². The summed E-state index contributed by atoms with van der Waals surface area (Å²) in [5.41, 5.74) is 1.39. The molecule has 5 heteroatoms. The predicted molar refractivity (Wildman–Crippen MR) is 82.8 cm³/mol. The Labute approximate surface area is 127 Å². The molecule has 0 saturated carbocycles. The van der Waals surface area contributed by atoms with Gasteiger partial charge in [-0.15, -0.1) is 0 Å². The third-order valence-electron chi connectivity index (χ3n) is 3.33. The Balaban J connectivity index is 1.95. The highest BCUT2D eigenvalue weighted by Gasteiger charge is 2.16. The van der Waals surface area contributed by atoms with Crippen LogP contribution in [0.4, 0.5) is 0 Å². The number of nitrogens with one attached hydrogen (secondary N) is 1. The number of likely N-dealkylation sites (tertiary alicyclic amines) is 1. The molecule has 1 aliphatic rings. The number of ether oxygens (including phenoxy) is 1. The molecule has 0 bridgehead atoms. The van der Waals surface area contributed by atoms with E-state index in [1.165, 1.54) is 0 Å². The molecule has 0 aromatic heterocycles. The summed E-state index contributed by atoms with van der Waals surface area (Å²) in [6.07, 6.45) is 3.12. The van der Waals surface area contributed by atoms with Crippen LogP contribution in [0.2, 0.25) is 0 Å². The molecule has 1 aromatic carbocycles. The van der Waals surface area contributed by atoms with Gasteiger partial charge in [-0.2, -0.15) is 0 Å². The van der Waals surface area contributed by atoms with Crippen LogP contribution in [0.5, 0.6) is 0 Å². The summed E-state index contributed by atoms with van der Waals surface area (Å²) in [4.78, 5) is 13.8. The summed E-state index contributed by atoms with van der Waals surface area (Å²) >= 11 is 3.29. The fourth-order valence-electron chi connectivity index (χ4n) is 2.19. The average Bonchev–Trinajstić information content (AvgIpc) is 3.01. The van der Waals surface area contributed by atoms with Crippen molar-refractivity contribution in [1.29, 1.82) is 5.41 Å². The summed E-state index contributed by atoms with van der Waals surface area (Å²) in [5, 5.41) is 8.97. The van der Waals surface area contributed by atoms with Crippen LogP contribution in [0.3, 0.4) is 0 Å². The van der Waals surface area contributed by atoms with Gasteiger partial charge in [-0.3, -0.25) is 5.41 Å². The van der Waals surface area contributed by atoms with E-state index < -0.39 is 0 Å². The topological polar surface area (TPSA) is 53.4 Å². The van der Waals surface area contributed by atoms with Crippen molar-refractivity contribution in [2.45, 2.75) is 19.3 Å². The highest BCUT2D eigenvalue weighted by molar-refractivity contribution is 9.09. The van der Waals surface area contributed by atoms with E-state index in [4.69, 9.17) is 10.1 Å². The van der Waals surface area contributed by atoms with Gasteiger partial charge in [-0.25, -0.2) is 4.79 Å². The Kier molecular flexibility index (Phi) is 5.59. The van der Waals surface area contributed by atoms with Crippen LogP contribution in [0.15, 0.2) is 24.3 Å². The first-order chi connectivity index (χ1) is 9.72. The summed E-state index contributed by atoms with van der Waals surface area (Å²) in [6, 6.07) is 7.11. The number of rotatable bonds is 5. The van der Waals surface area contributed by atoms with Gasteiger partial charge in [0.25, 0.3) is 0 Å². The first-order valence-corrected chi connectivity index (χ1v) is 8.01. The molecule has 0 unspecified atom stereocenters. The molecule has 1 fully saturated rings. The maximum atomic E-state index is 11.8. The van der Waals surface area contributed by atoms with E-state index in [0.29, 0.717) is 18.0 Å². The average molecular weight is 339 g/mol. The lowest BCUT2D eigenvalue weighted by Gasteiger charge is -2.18. The molecular weight excluding hydrogens is 320 g/mol. The van der Waals surface area contributed by atoms with Crippen LogP contribution in [0, 0.1) is 5.41 Å². The van der Waals surface area contributed by atoms with Crippen molar-refractivity contribution in [3.8, 4) is 0 Å². The largest absolute Gasteiger partial charge is 0.462 e. The second-order valence-corrected chi connectivity index (χ2v) is 5.59. The van der Waals surface area contributed by atoms with Crippen LogP contribution >= 0.6 is 15.9 Å². The smallest absolute Gasteiger partial charge is 0.338 e. The van der Waals surface area contributed by atoms with Gasteiger partial charge in [-0.05, 0) is 31.4 Å². The predicted octanol–water partition coefficient (Wildman–Crippen LogP) is 3.05. The molecule has 0 aliphatic carbocycles. The number of nitrogens with zero attached hydrogens (tertiary/aromatic N) is 1. The lowest BCUT2D eigenvalue weighted by atomic mass is 10.1. The van der Waals surface area contributed by atoms with Gasteiger partial charge < -0.3 is 9.64 Å². The third kappa shape index (κ3) is 3.82. The van der Waals surface area contributed by atoms with Gasteiger partial charge in [0.15, 0.2) is 0 Å². The minimum atomic E-state index is -0.301. The van der Waals surface area contributed by atoms with Crippen LogP contribution < -0.4 is 0 Å². The Morgan fingerprint density at radius 3 is 2.40 bits per heavy atom. The zero-order valence-corrected chi connectivity index (χ0v) is 13.0. The molecule has 1 heterocycles. The summed E-state index contributed by atoms with van der Waals surface area (Å²) in [5.74, 6) is 0.243. The highest BCUT2D eigenvalue weighted by atomic mass is 79.9. The molecular formula is C15H19BrN2O2. The maximum absolute atomic E-state index is 11.8. The molecule has 1 aromatic rings. The molecule has 1 saturated heterocycles. The molecule has 4 nitrogen and oxygen atoms in total. The van der Waals surface area contributed by atoms with Gasteiger partial charge in [0.1, 0.15) is 5.84 Å². The number of alkyl halides is 1. The Hall–Kier alpha value is -1.36. The van der Waals surface area contributed by atoms with E-state index in [1.54, 1.807) is 12.1 Å². The number of carbonyl (C=O) groups is 1. The molecule has 0 radical (unpaired) electrons. The number of esters is 1. The van der Waals surface area contributed by atoms with E-state index in [1.807, 2.05) is 12.1 Å². The SMILES string of the molecule is N=C(c1ccc(C(=O)OCCCBr)cc1)N1CCCC1. The second kappa shape index (κ2) is 7.43. The van der Waals surface area contributed by atoms with Crippen molar-refractivity contribution in [1.82, 2.24) is 4.90 Å². The van der Waals surface area contributed by atoms with Gasteiger partial charge in [0.2, 0.25) is 0 Å². The highest BCUT2D eigenvalue weighted by Crippen LogP contribution is 2.14. The molecule has 0 atom stereocenters. The number of carbonyl (C=O) groups excluding carboxylic acids is 1. The van der Waals surface area contributed by atoms with E-state index in [-0.39, 0.29) is 5.97 Å². The minimum Gasteiger partial charge on any atom is -0.462 e. The fraction of sp³-hybridized carbons (Fsp3) is 0.467. The van der Waals surface area contributed by atoms with E-state index in [9.17, 15) is 4.79 Å². The normalized spacial score (nSPS) is 14.3. The van der Waals surface area contributed by atoms with Crippen molar-refractivity contribution < 1.29 is 9.53 Å². The molecule has 0 amide bonds. The number of hydrogen-bond acceptors (Lipinski definition) is 3. The third-order valence-corrected chi connectivity index (χ3v) is 3.89. The monoisotopic (exact) mass is 338 g/mol. The van der Waals surface area contributed by atoms with Crippen molar-refractivity contribution in [3.63, 3.8) is 0 Å². The van der Waals surface area contributed by atoms with Crippen molar-refractivity contribution in [3.05, 3.63) is 35.4 Å². The second-order valence-electron chi connectivity index (χ2n) is 4.80. The fourth-order valence-corrected chi connectivity index (χ4v) is 2.42. The Morgan fingerprint density at radius 2 is 1.80 bits per heavy atom. The summed E-state index contributed by atoms with van der Waals surface area (Å²) in [7, 11) is 0. The van der Waals surface area contributed by atoms with Gasteiger partial charge in [0.05, 0.1) is 12.2 Å². The maximum Gasteiger partial charge on any atom is 0.338 e. The van der Waals surface area contributed by atoms with Crippen LogP contribution in [0.1, 0.15) is 35.2 Å². The number of amidine groups is 1. The molecule has 1 N–H and O–H groups in total. The minimum absolute atomic E-state index is 0.301. The quantitative estimate of drug-likeness (QED) is 0.295. The molecule has 20 heavy (non-hydrogen) atoms. The van der Waals surface area contributed by atoms with Crippen molar-refractivity contribution >= 4 is 27.7 Å². The summed E-state index contributed by atoms with van der Waals surface area (Å²) < 4.78 is 5.14. The van der Waals surface area contributed by atoms with Gasteiger partial charge in [-0.1, -0.05) is 28.1 Å². The Bertz CT molecular complexity index is 467. The molecule has 1 aliphatic heterocycles. The van der Waals surface area contributed by atoms with Gasteiger partial charge >= 0.3 is 5.97 Å². The van der Waals surface area contributed by atoms with E-state index in [0.717, 1.165) is 43.2 Å². The number of halogens is 1. The van der Waals surface area contributed by atoms with Crippen molar-refractivity contribution in [2.24, 2.45) is 0 Å². The lowest BCUT2D eigenvalue weighted by molar-refractivity contribution is 0.0506. The van der Waals surface area contributed by atoms with Crippen LogP contribution in [0.25, 0.3) is 0 Å². The Morgan fingerprint density at radius 1 is 1.20 bits per heavy atom. The zero-order valence-electron chi connectivity index (χ0n) is 11.4. The van der Waals surface area contributed by atoms with Crippen LogP contribution in [-0.2, 0) is 4.74 Å². The van der Waals surface area contributed by atoms with E-state index >= 15 is 0 Å².